The topological polar surface area (TPSA) is 86.7 Å². The van der Waals surface area contributed by atoms with E-state index in [1.807, 2.05) is 0 Å². The Labute approximate surface area is 179 Å². The summed E-state index contributed by atoms with van der Waals surface area (Å²) in [5, 5.41) is 0.516. The first-order chi connectivity index (χ1) is 15.4. The van der Waals surface area contributed by atoms with Gasteiger partial charge >= 0.3 is 0 Å². The van der Waals surface area contributed by atoms with Crippen LogP contribution in [0.3, 0.4) is 0 Å². The minimum absolute atomic E-state index is 0.0421. The van der Waals surface area contributed by atoms with E-state index in [1.54, 1.807) is 35.8 Å². The highest BCUT2D eigenvalue weighted by Crippen LogP contribution is 2.33. The number of carbonyl (C=O) groups excluding carboxylic acids is 1. The first kappa shape index (κ1) is 19.7. The molecule has 0 fully saturated rings. The maximum absolute atomic E-state index is 14.5. The van der Waals surface area contributed by atoms with Crippen LogP contribution in [0.5, 0.6) is 0 Å². The summed E-state index contributed by atoms with van der Waals surface area (Å²) in [5.41, 5.74) is 7.18. The molecule has 2 N–H and O–H groups in total. The maximum atomic E-state index is 14.5. The number of hydrogen-bond acceptors (Lipinski definition) is 4. The van der Waals surface area contributed by atoms with Gasteiger partial charge in [-0.25, -0.2) is 18.7 Å². The van der Waals surface area contributed by atoms with Gasteiger partial charge in [-0.1, -0.05) is 12.1 Å². The number of primary amides is 1. The number of nitrogens with two attached hydrogens (primary N) is 1. The largest absolute Gasteiger partial charge is 0.366 e. The molecule has 0 bridgehead atoms. The number of hydrogen-bond donors (Lipinski definition) is 1. The highest BCUT2D eigenvalue weighted by molar-refractivity contribution is 6.07. The molecule has 0 radical (unpaired) electrons. The first-order valence-electron chi connectivity index (χ1n) is 9.53. The number of fused-ring (bicyclic) bond motifs is 2. The molecule has 0 spiro atoms. The fourth-order valence-corrected chi connectivity index (χ4v) is 3.90. The van der Waals surface area contributed by atoms with Crippen LogP contribution < -0.4 is 5.73 Å². The first-order valence-corrected chi connectivity index (χ1v) is 9.53. The maximum Gasteiger partial charge on any atom is 0.250 e. The fourth-order valence-electron chi connectivity index (χ4n) is 3.90. The van der Waals surface area contributed by atoms with E-state index < -0.39 is 23.5 Å². The minimum Gasteiger partial charge on any atom is -0.366 e. The van der Waals surface area contributed by atoms with E-state index in [9.17, 15) is 18.0 Å². The Balaban J connectivity index is 1.89. The molecule has 158 valence electrons. The molecule has 0 aliphatic rings. The quantitative estimate of drug-likeness (QED) is 0.426. The lowest BCUT2D eigenvalue weighted by molar-refractivity contribution is 0.100. The van der Waals surface area contributed by atoms with Crippen molar-refractivity contribution in [1.29, 1.82) is 0 Å². The smallest absolute Gasteiger partial charge is 0.250 e. The van der Waals surface area contributed by atoms with Crippen molar-refractivity contribution >= 4 is 27.8 Å². The third-order valence-corrected chi connectivity index (χ3v) is 5.29. The van der Waals surface area contributed by atoms with Crippen LogP contribution in [0, 0.1) is 24.5 Å². The number of halogens is 3. The van der Waals surface area contributed by atoms with Gasteiger partial charge in [-0.15, -0.1) is 0 Å². The van der Waals surface area contributed by atoms with Gasteiger partial charge in [0.1, 0.15) is 22.7 Å². The van der Waals surface area contributed by atoms with E-state index in [4.69, 9.17) is 5.73 Å². The van der Waals surface area contributed by atoms with Crippen LogP contribution in [0.4, 0.5) is 13.2 Å². The molecule has 9 heteroatoms. The van der Waals surface area contributed by atoms with Gasteiger partial charge < -0.3 is 5.73 Å². The number of pyridine rings is 2. The zero-order valence-electron chi connectivity index (χ0n) is 16.6. The van der Waals surface area contributed by atoms with Gasteiger partial charge in [0.15, 0.2) is 5.82 Å². The lowest BCUT2D eigenvalue weighted by atomic mass is 10.0. The molecule has 32 heavy (non-hydrogen) atoms. The van der Waals surface area contributed by atoms with Crippen LogP contribution in [0.15, 0.2) is 54.9 Å². The molecule has 0 saturated carbocycles. The molecular weight excluding hydrogens is 419 g/mol. The molecular formula is C23H14F3N5O. The van der Waals surface area contributed by atoms with Crippen molar-refractivity contribution in [1.82, 2.24) is 19.5 Å². The van der Waals surface area contributed by atoms with Crippen LogP contribution >= 0.6 is 0 Å². The van der Waals surface area contributed by atoms with Crippen molar-refractivity contribution < 1.29 is 18.0 Å². The number of benzene rings is 2. The summed E-state index contributed by atoms with van der Waals surface area (Å²) in [4.78, 5) is 24.1. The number of imidazole rings is 1. The summed E-state index contributed by atoms with van der Waals surface area (Å²) >= 11 is 0. The summed E-state index contributed by atoms with van der Waals surface area (Å²) < 4.78 is 44.3. The van der Waals surface area contributed by atoms with Crippen LogP contribution in [-0.4, -0.2) is 25.4 Å². The van der Waals surface area contributed by atoms with Crippen molar-refractivity contribution in [3.05, 3.63) is 83.8 Å². The zero-order chi connectivity index (χ0) is 22.6. The summed E-state index contributed by atoms with van der Waals surface area (Å²) in [6.07, 6.45) is 2.59. The van der Waals surface area contributed by atoms with Gasteiger partial charge in [-0.3, -0.25) is 14.3 Å². The lowest BCUT2D eigenvalue weighted by Crippen LogP contribution is -2.12. The van der Waals surface area contributed by atoms with Crippen molar-refractivity contribution in [2.24, 2.45) is 5.73 Å². The van der Waals surface area contributed by atoms with Gasteiger partial charge in [0.25, 0.3) is 5.91 Å². The van der Waals surface area contributed by atoms with Gasteiger partial charge in [-0.05, 0) is 42.8 Å². The second kappa shape index (κ2) is 7.16. The van der Waals surface area contributed by atoms with Crippen molar-refractivity contribution in [3.8, 4) is 16.8 Å². The monoisotopic (exact) mass is 433 g/mol. The molecule has 0 atom stereocenters. The van der Waals surface area contributed by atoms with E-state index >= 15 is 0 Å². The zero-order valence-corrected chi connectivity index (χ0v) is 16.6. The average Bonchev–Trinajstić information content (AvgIpc) is 3.10. The molecule has 0 aliphatic carbocycles. The Bertz CT molecular complexity index is 1560. The summed E-state index contributed by atoms with van der Waals surface area (Å²) in [7, 11) is 0. The molecule has 1 amide bonds. The number of rotatable bonds is 3. The van der Waals surface area contributed by atoms with Gasteiger partial charge in [0, 0.05) is 23.3 Å². The normalized spacial score (nSPS) is 11.4. The molecule has 2 aromatic carbocycles. The number of aromatic nitrogens is 4. The second-order valence-electron chi connectivity index (χ2n) is 7.18. The second-order valence-corrected chi connectivity index (χ2v) is 7.18. The van der Waals surface area contributed by atoms with Crippen LogP contribution in [-0.2, 0) is 0 Å². The molecule has 3 heterocycles. The Morgan fingerprint density at radius 1 is 1.00 bits per heavy atom. The highest BCUT2D eigenvalue weighted by atomic mass is 19.2. The SMILES string of the molecule is Cc1nc2c(C(N)=O)cc(-c3ccnc(F)c3F)cc2n1-c1ccnc2c(F)cccc12. The molecule has 0 saturated heterocycles. The Hall–Kier alpha value is -4.27. The lowest BCUT2D eigenvalue weighted by Gasteiger charge is -2.12. The van der Waals surface area contributed by atoms with Crippen LogP contribution in [0.1, 0.15) is 16.2 Å². The number of nitrogens with zero attached hydrogens (tertiary/aromatic N) is 4. The Kier molecular flexibility index (Phi) is 4.40. The van der Waals surface area contributed by atoms with E-state index in [0.29, 0.717) is 22.4 Å². The number of para-hydroxylation sites is 1. The summed E-state index contributed by atoms with van der Waals surface area (Å²) in [6.45, 7) is 1.71. The van der Waals surface area contributed by atoms with Gasteiger partial charge in [-0.2, -0.15) is 4.39 Å². The summed E-state index contributed by atoms with van der Waals surface area (Å²) in [5.74, 6) is -3.19. The molecule has 0 unspecified atom stereocenters. The van der Waals surface area contributed by atoms with Gasteiger partial charge in [0.2, 0.25) is 5.95 Å². The van der Waals surface area contributed by atoms with Crippen molar-refractivity contribution in [2.45, 2.75) is 6.92 Å². The van der Waals surface area contributed by atoms with E-state index in [0.717, 1.165) is 6.20 Å². The molecule has 3 aromatic heterocycles. The van der Waals surface area contributed by atoms with E-state index in [2.05, 4.69) is 15.0 Å². The molecule has 6 nitrogen and oxygen atoms in total. The number of amides is 1. The molecule has 5 aromatic rings. The van der Waals surface area contributed by atoms with E-state index in [1.165, 1.54) is 24.4 Å². The Morgan fingerprint density at radius 3 is 2.56 bits per heavy atom. The third kappa shape index (κ3) is 2.89. The van der Waals surface area contributed by atoms with E-state index in [-0.39, 0.29) is 27.7 Å². The van der Waals surface area contributed by atoms with Crippen LogP contribution in [0.2, 0.25) is 0 Å². The number of carbonyl (C=O) groups is 1. The van der Waals surface area contributed by atoms with Gasteiger partial charge in [0.05, 0.1) is 16.8 Å². The average molecular weight is 433 g/mol. The van der Waals surface area contributed by atoms with Crippen molar-refractivity contribution in [3.63, 3.8) is 0 Å². The summed E-state index contributed by atoms with van der Waals surface area (Å²) in [6, 6.07) is 10.5. The fraction of sp³-hybridized carbons (Fsp3) is 0.0435. The third-order valence-electron chi connectivity index (χ3n) is 5.29. The minimum atomic E-state index is -1.26. The van der Waals surface area contributed by atoms with Crippen LogP contribution in [0.25, 0.3) is 38.8 Å². The molecule has 0 aliphatic heterocycles. The molecule has 5 rings (SSSR count). The highest BCUT2D eigenvalue weighted by Gasteiger charge is 2.21. The predicted octanol–water partition coefficient (Wildman–Crippen LogP) is 4.46. The Morgan fingerprint density at radius 2 is 1.78 bits per heavy atom. The predicted molar refractivity (Wildman–Crippen MR) is 113 cm³/mol. The standard InChI is InChI=1S/C23H14F3N5O/c1-11-30-21-15(23(27)32)9-12(13-5-7-29-22(26)19(13)25)10-18(21)31(11)17-6-8-28-20-14(17)3-2-4-16(20)24/h2-10H,1H3,(H2,27,32). The number of aryl methyl sites for hydroxylation is 1. The van der Waals surface area contributed by atoms with Crippen molar-refractivity contribution in [2.75, 3.05) is 0 Å².